The zero-order valence-corrected chi connectivity index (χ0v) is 11.6. The van der Waals surface area contributed by atoms with E-state index in [-0.39, 0.29) is 11.8 Å². The molecule has 1 atom stereocenters. The van der Waals surface area contributed by atoms with Crippen LogP contribution in [0.5, 0.6) is 0 Å². The molecule has 0 radical (unpaired) electrons. The smallest absolute Gasteiger partial charge is 0.258 e. The number of hydrogen-bond donors (Lipinski definition) is 0. The van der Waals surface area contributed by atoms with Crippen molar-refractivity contribution in [3.05, 3.63) is 28.8 Å². The van der Waals surface area contributed by atoms with Crippen molar-refractivity contribution in [1.82, 2.24) is 0 Å². The maximum absolute atomic E-state index is 12.5. The molecule has 4 heteroatoms. The molecule has 1 saturated heterocycles. The highest BCUT2D eigenvalue weighted by Gasteiger charge is 2.39. The lowest BCUT2D eigenvalue weighted by atomic mass is 9.99. The number of fused-ring (bicyclic) bond motifs is 1. The third-order valence-electron chi connectivity index (χ3n) is 3.77. The topological polar surface area (TPSA) is 41.9 Å². The summed E-state index contributed by atoms with van der Waals surface area (Å²) in [4.78, 5) is 12.5. The van der Waals surface area contributed by atoms with Crippen LogP contribution in [0.4, 0.5) is 5.69 Å². The Morgan fingerprint density at radius 2 is 1.95 bits per heavy atom. The molecule has 0 aromatic heterocycles. The molecule has 0 bridgehead atoms. The van der Waals surface area contributed by atoms with E-state index in [1.807, 2.05) is 13.8 Å². The van der Waals surface area contributed by atoms with E-state index in [4.69, 9.17) is 4.74 Å². The third-order valence-corrected chi connectivity index (χ3v) is 3.77. The van der Waals surface area contributed by atoms with Gasteiger partial charge in [-0.15, -0.1) is 0 Å². The molecule has 0 aliphatic carbocycles. The van der Waals surface area contributed by atoms with Crippen LogP contribution >= 0.6 is 0 Å². The lowest BCUT2D eigenvalue weighted by Crippen LogP contribution is -2.34. The number of anilines is 1. The Balaban J connectivity index is 2.04. The van der Waals surface area contributed by atoms with Crippen molar-refractivity contribution >= 4 is 17.3 Å². The molecular formula is C15H18N2O2. The first-order valence-corrected chi connectivity index (χ1v) is 6.65. The standard InChI is InChI=1S/C15H18N2O2/c1-9-6-10(2)14(11(3)7-9)17-15(18)12-8-19-5-4-13(12)16-17/h6-7,12H,4-5,8H2,1-3H3. The first-order valence-electron chi connectivity index (χ1n) is 6.65. The molecule has 100 valence electrons. The van der Waals surface area contributed by atoms with Crippen LogP contribution < -0.4 is 5.01 Å². The Bertz CT molecular complexity index is 555. The number of hydrogen-bond acceptors (Lipinski definition) is 3. The summed E-state index contributed by atoms with van der Waals surface area (Å²) in [7, 11) is 0. The Morgan fingerprint density at radius 3 is 2.58 bits per heavy atom. The van der Waals surface area contributed by atoms with Crippen LogP contribution in [0.3, 0.4) is 0 Å². The fourth-order valence-electron chi connectivity index (χ4n) is 2.97. The number of carbonyl (C=O) groups is 1. The number of hydrazone groups is 1. The van der Waals surface area contributed by atoms with E-state index in [1.165, 1.54) is 5.56 Å². The van der Waals surface area contributed by atoms with Gasteiger partial charge in [-0.3, -0.25) is 4.79 Å². The maximum atomic E-state index is 12.5. The van der Waals surface area contributed by atoms with E-state index in [0.717, 1.165) is 28.9 Å². The van der Waals surface area contributed by atoms with Gasteiger partial charge in [0, 0.05) is 6.42 Å². The molecule has 1 aromatic rings. The number of benzene rings is 1. The van der Waals surface area contributed by atoms with Crippen molar-refractivity contribution in [3.8, 4) is 0 Å². The quantitative estimate of drug-likeness (QED) is 0.776. The summed E-state index contributed by atoms with van der Waals surface area (Å²) in [6.07, 6.45) is 0.761. The maximum Gasteiger partial charge on any atom is 0.258 e. The number of amides is 1. The summed E-state index contributed by atoms with van der Waals surface area (Å²) in [6, 6.07) is 4.18. The van der Waals surface area contributed by atoms with E-state index >= 15 is 0 Å². The van der Waals surface area contributed by atoms with Gasteiger partial charge in [0.25, 0.3) is 5.91 Å². The Morgan fingerprint density at radius 1 is 1.26 bits per heavy atom. The zero-order valence-electron chi connectivity index (χ0n) is 11.6. The summed E-state index contributed by atoms with van der Waals surface area (Å²) in [5, 5.41) is 6.12. The molecule has 1 amide bonds. The van der Waals surface area contributed by atoms with Crippen LogP contribution in [-0.2, 0) is 9.53 Å². The molecule has 3 rings (SSSR count). The van der Waals surface area contributed by atoms with Crippen molar-refractivity contribution in [2.24, 2.45) is 11.0 Å². The molecule has 0 spiro atoms. The summed E-state index contributed by atoms with van der Waals surface area (Å²) in [5.74, 6) is -0.126. The normalized spacial score (nSPS) is 22.5. The lowest BCUT2D eigenvalue weighted by molar-refractivity contribution is -0.121. The summed E-state index contributed by atoms with van der Waals surface area (Å²) in [6.45, 7) is 7.26. The van der Waals surface area contributed by atoms with Crippen LogP contribution in [0.25, 0.3) is 0 Å². The molecule has 1 fully saturated rings. The summed E-state index contributed by atoms with van der Waals surface area (Å²) >= 11 is 0. The average Bonchev–Trinajstić information content (AvgIpc) is 2.66. The second-order valence-electron chi connectivity index (χ2n) is 5.37. The van der Waals surface area contributed by atoms with Crippen molar-refractivity contribution in [1.29, 1.82) is 0 Å². The largest absolute Gasteiger partial charge is 0.380 e. The van der Waals surface area contributed by atoms with Gasteiger partial charge < -0.3 is 4.74 Å². The second kappa shape index (κ2) is 4.46. The fourth-order valence-corrected chi connectivity index (χ4v) is 2.97. The van der Waals surface area contributed by atoms with Gasteiger partial charge in [-0.2, -0.15) is 10.1 Å². The first kappa shape index (κ1) is 12.4. The van der Waals surface area contributed by atoms with Gasteiger partial charge in [0.2, 0.25) is 0 Å². The molecule has 4 nitrogen and oxygen atoms in total. The molecule has 0 saturated carbocycles. The van der Waals surface area contributed by atoms with Gasteiger partial charge in [-0.25, -0.2) is 0 Å². The van der Waals surface area contributed by atoms with E-state index in [0.29, 0.717) is 13.2 Å². The predicted molar refractivity (Wildman–Crippen MR) is 74.5 cm³/mol. The van der Waals surface area contributed by atoms with Gasteiger partial charge in [-0.05, 0) is 31.9 Å². The average molecular weight is 258 g/mol. The number of nitrogens with zero attached hydrogens (tertiary/aromatic N) is 2. The Kier molecular flexibility index (Phi) is 2.90. The highest BCUT2D eigenvalue weighted by molar-refractivity contribution is 6.16. The van der Waals surface area contributed by atoms with Gasteiger partial charge in [0.1, 0.15) is 5.92 Å². The highest BCUT2D eigenvalue weighted by atomic mass is 16.5. The molecular weight excluding hydrogens is 240 g/mol. The van der Waals surface area contributed by atoms with Crippen LogP contribution in [0.15, 0.2) is 17.2 Å². The number of carbonyl (C=O) groups excluding carboxylic acids is 1. The van der Waals surface area contributed by atoms with Crippen LogP contribution in [0, 0.1) is 26.7 Å². The van der Waals surface area contributed by atoms with E-state index in [2.05, 4.69) is 24.2 Å². The summed E-state index contributed by atoms with van der Waals surface area (Å²) in [5.41, 5.74) is 5.29. The van der Waals surface area contributed by atoms with E-state index in [9.17, 15) is 4.79 Å². The van der Waals surface area contributed by atoms with Gasteiger partial charge in [0.05, 0.1) is 24.6 Å². The second-order valence-corrected chi connectivity index (χ2v) is 5.37. The van der Waals surface area contributed by atoms with Crippen LogP contribution in [-0.4, -0.2) is 24.8 Å². The first-order chi connectivity index (χ1) is 9.08. The molecule has 1 unspecified atom stereocenters. The third kappa shape index (κ3) is 1.96. The van der Waals surface area contributed by atoms with Crippen molar-refractivity contribution in [3.63, 3.8) is 0 Å². The van der Waals surface area contributed by atoms with Crippen molar-refractivity contribution in [2.75, 3.05) is 18.2 Å². The number of aryl methyl sites for hydroxylation is 3. The SMILES string of the molecule is Cc1cc(C)c(N2N=C3CCOCC3C2=O)c(C)c1. The minimum Gasteiger partial charge on any atom is -0.380 e. The highest BCUT2D eigenvalue weighted by Crippen LogP contribution is 2.32. The molecule has 2 heterocycles. The molecule has 0 N–H and O–H groups in total. The van der Waals surface area contributed by atoms with Gasteiger partial charge in [-0.1, -0.05) is 17.7 Å². The summed E-state index contributed by atoms with van der Waals surface area (Å²) < 4.78 is 5.39. The van der Waals surface area contributed by atoms with Gasteiger partial charge in [0.15, 0.2) is 0 Å². The molecule has 2 aliphatic heterocycles. The fraction of sp³-hybridized carbons (Fsp3) is 0.467. The number of rotatable bonds is 1. The van der Waals surface area contributed by atoms with Crippen LogP contribution in [0.2, 0.25) is 0 Å². The van der Waals surface area contributed by atoms with Crippen molar-refractivity contribution in [2.45, 2.75) is 27.2 Å². The van der Waals surface area contributed by atoms with E-state index < -0.39 is 0 Å². The van der Waals surface area contributed by atoms with Crippen LogP contribution in [0.1, 0.15) is 23.1 Å². The van der Waals surface area contributed by atoms with Gasteiger partial charge >= 0.3 is 0 Å². The van der Waals surface area contributed by atoms with Crippen molar-refractivity contribution < 1.29 is 9.53 Å². The lowest BCUT2D eigenvalue weighted by Gasteiger charge is -2.20. The molecule has 1 aromatic carbocycles. The minimum atomic E-state index is -0.172. The monoisotopic (exact) mass is 258 g/mol. The molecule has 19 heavy (non-hydrogen) atoms. The molecule has 2 aliphatic rings. The number of ether oxygens (including phenoxy) is 1. The van der Waals surface area contributed by atoms with E-state index in [1.54, 1.807) is 5.01 Å². The Labute approximate surface area is 113 Å². The Hall–Kier alpha value is -1.68. The predicted octanol–water partition coefficient (Wildman–Crippen LogP) is 2.35. The zero-order chi connectivity index (χ0) is 13.6. The minimum absolute atomic E-state index is 0.0461.